The molecule has 0 aliphatic rings. The lowest BCUT2D eigenvalue weighted by atomic mass is 10.1. The number of hydrogen-bond acceptors (Lipinski definition) is 2. The molecule has 0 spiro atoms. The number of benzene rings is 1. The first-order valence-corrected chi connectivity index (χ1v) is 5.48. The van der Waals surface area contributed by atoms with Crippen LogP contribution in [0.5, 0.6) is 0 Å². The summed E-state index contributed by atoms with van der Waals surface area (Å²) in [5, 5.41) is 12.3. The molecule has 2 nitrogen and oxygen atoms in total. The molecule has 14 heavy (non-hydrogen) atoms. The molecule has 1 atom stereocenters. The van der Waals surface area contributed by atoms with Gasteiger partial charge in [-0.05, 0) is 44.0 Å². The fourth-order valence-electron chi connectivity index (χ4n) is 1.31. The molecule has 0 amide bonds. The van der Waals surface area contributed by atoms with E-state index in [9.17, 15) is 0 Å². The van der Waals surface area contributed by atoms with E-state index in [1.165, 1.54) is 11.1 Å². The topological polar surface area (TPSA) is 32.3 Å². The van der Waals surface area contributed by atoms with Gasteiger partial charge in [-0.25, -0.2) is 0 Å². The fraction of sp³-hybridized carbons (Fsp3) is 0.455. The highest BCUT2D eigenvalue weighted by molar-refractivity contribution is 9.10. The second-order valence-corrected chi connectivity index (χ2v) is 4.45. The van der Waals surface area contributed by atoms with Crippen molar-refractivity contribution in [3.63, 3.8) is 0 Å². The molecular weight excluding hydrogens is 242 g/mol. The van der Waals surface area contributed by atoms with Gasteiger partial charge >= 0.3 is 0 Å². The third-order valence-corrected chi connectivity index (χ3v) is 3.29. The average Bonchev–Trinajstić information content (AvgIpc) is 2.10. The summed E-state index contributed by atoms with van der Waals surface area (Å²) in [5.41, 5.74) is 3.47. The maximum atomic E-state index is 9.14. The summed E-state index contributed by atoms with van der Waals surface area (Å²) >= 11 is 3.52. The van der Waals surface area contributed by atoms with E-state index in [2.05, 4.69) is 47.2 Å². The molecule has 2 N–H and O–H groups in total. The standard InChI is InChI=1S/C11H16BrNO/c1-7-4-10(13-6-9(3)14)5-8(2)11(7)12/h4-5,9,13-14H,6H2,1-3H3/t9-/m0/s1. The summed E-state index contributed by atoms with van der Waals surface area (Å²) in [6.45, 7) is 6.47. The number of aliphatic hydroxyl groups is 1. The van der Waals surface area contributed by atoms with Gasteiger partial charge in [0.1, 0.15) is 0 Å². The van der Waals surface area contributed by atoms with Crippen molar-refractivity contribution in [1.82, 2.24) is 0 Å². The Morgan fingerprint density at radius 1 is 1.36 bits per heavy atom. The van der Waals surface area contributed by atoms with Gasteiger partial charge in [0.15, 0.2) is 0 Å². The summed E-state index contributed by atoms with van der Waals surface area (Å²) in [5.74, 6) is 0. The average molecular weight is 258 g/mol. The van der Waals surface area contributed by atoms with Crippen LogP contribution in [0, 0.1) is 13.8 Å². The van der Waals surface area contributed by atoms with Gasteiger partial charge in [-0.1, -0.05) is 15.9 Å². The number of aliphatic hydroxyl groups excluding tert-OH is 1. The molecule has 0 aliphatic carbocycles. The van der Waals surface area contributed by atoms with Crippen LogP contribution in [0.15, 0.2) is 16.6 Å². The number of rotatable bonds is 3. The second kappa shape index (κ2) is 4.80. The summed E-state index contributed by atoms with van der Waals surface area (Å²) in [6.07, 6.45) is -0.320. The zero-order valence-corrected chi connectivity index (χ0v) is 10.4. The van der Waals surface area contributed by atoms with Gasteiger partial charge in [-0.15, -0.1) is 0 Å². The Labute approximate surface area is 93.5 Å². The largest absolute Gasteiger partial charge is 0.392 e. The Morgan fingerprint density at radius 2 is 1.86 bits per heavy atom. The smallest absolute Gasteiger partial charge is 0.0684 e. The molecule has 0 unspecified atom stereocenters. The van der Waals surface area contributed by atoms with Gasteiger partial charge in [-0.3, -0.25) is 0 Å². The lowest BCUT2D eigenvalue weighted by molar-refractivity contribution is 0.208. The Balaban J connectivity index is 2.79. The van der Waals surface area contributed by atoms with E-state index in [4.69, 9.17) is 5.11 Å². The summed E-state index contributed by atoms with van der Waals surface area (Å²) in [6, 6.07) is 4.14. The fourth-order valence-corrected chi connectivity index (χ4v) is 1.54. The maximum Gasteiger partial charge on any atom is 0.0684 e. The number of hydrogen-bond donors (Lipinski definition) is 2. The SMILES string of the molecule is Cc1cc(NC[C@H](C)O)cc(C)c1Br. The number of aryl methyl sites for hydroxylation is 2. The van der Waals surface area contributed by atoms with Crippen LogP contribution in [-0.4, -0.2) is 17.8 Å². The molecule has 0 saturated carbocycles. The number of halogens is 1. The molecular formula is C11H16BrNO. The first-order valence-electron chi connectivity index (χ1n) is 4.69. The molecule has 78 valence electrons. The van der Waals surface area contributed by atoms with Crippen LogP contribution < -0.4 is 5.32 Å². The maximum absolute atomic E-state index is 9.14. The van der Waals surface area contributed by atoms with Gasteiger partial charge in [-0.2, -0.15) is 0 Å². The molecule has 0 fully saturated rings. The minimum atomic E-state index is -0.320. The van der Waals surface area contributed by atoms with Crippen LogP contribution in [0.2, 0.25) is 0 Å². The summed E-state index contributed by atoms with van der Waals surface area (Å²) in [7, 11) is 0. The number of anilines is 1. The third-order valence-electron chi connectivity index (χ3n) is 2.04. The van der Waals surface area contributed by atoms with Crippen molar-refractivity contribution in [2.24, 2.45) is 0 Å². The molecule has 0 radical (unpaired) electrons. The second-order valence-electron chi connectivity index (χ2n) is 3.65. The summed E-state index contributed by atoms with van der Waals surface area (Å²) < 4.78 is 1.15. The highest BCUT2D eigenvalue weighted by Gasteiger charge is 2.02. The van der Waals surface area contributed by atoms with Crippen LogP contribution >= 0.6 is 15.9 Å². The molecule has 0 heterocycles. The molecule has 0 saturated heterocycles. The minimum absolute atomic E-state index is 0.320. The van der Waals surface area contributed by atoms with Crippen LogP contribution in [0.1, 0.15) is 18.1 Å². The Bertz CT molecular complexity index is 300. The zero-order valence-electron chi connectivity index (χ0n) is 8.76. The van der Waals surface area contributed by atoms with Crippen LogP contribution in [0.3, 0.4) is 0 Å². The van der Waals surface area contributed by atoms with E-state index < -0.39 is 0 Å². The van der Waals surface area contributed by atoms with Crippen molar-refractivity contribution in [2.75, 3.05) is 11.9 Å². The van der Waals surface area contributed by atoms with Crippen molar-refractivity contribution in [3.8, 4) is 0 Å². The van der Waals surface area contributed by atoms with E-state index in [1.807, 2.05) is 0 Å². The van der Waals surface area contributed by atoms with Crippen molar-refractivity contribution < 1.29 is 5.11 Å². The van der Waals surface area contributed by atoms with E-state index in [-0.39, 0.29) is 6.10 Å². The molecule has 0 aliphatic heterocycles. The summed E-state index contributed by atoms with van der Waals surface area (Å²) in [4.78, 5) is 0. The molecule has 3 heteroatoms. The Morgan fingerprint density at radius 3 is 2.29 bits per heavy atom. The van der Waals surface area contributed by atoms with E-state index in [0.29, 0.717) is 6.54 Å². The van der Waals surface area contributed by atoms with E-state index in [1.54, 1.807) is 6.92 Å². The lowest BCUT2D eigenvalue weighted by Crippen LogP contribution is -2.15. The lowest BCUT2D eigenvalue weighted by Gasteiger charge is -2.11. The van der Waals surface area contributed by atoms with Gasteiger partial charge in [0, 0.05) is 16.7 Å². The first-order chi connectivity index (χ1) is 6.50. The van der Waals surface area contributed by atoms with Crippen molar-refractivity contribution in [3.05, 3.63) is 27.7 Å². The Hall–Kier alpha value is -0.540. The van der Waals surface area contributed by atoms with Gasteiger partial charge in [0.05, 0.1) is 6.10 Å². The molecule has 1 rings (SSSR count). The normalized spacial score (nSPS) is 12.6. The van der Waals surface area contributed by atoms with Crippen molar-refractivity contribution in [1.29, 1.82) is 0 Å². The first kappa shape index (κ1) is 11.5. The quantitative estimate of drug-likeness (QED) is 0.873. The molecule has 0 bridgehead atoms. The van der Waals surface area contributed by atoms with Crippen LogP contribution in [0.4, 0.5) is 5.69 Å². The van der Waals surface area contributed by atoms with Crippen LogP contribution in [0.25, 0.3) is 0 Å². The zero-order chi connectivity index (χ0) is 10.7. The van der Waals surface area contributed by atoms with Gasteiger partial charge < -0.3 is 10.4 Å². The Kier molecular flexibility index (Phi) is 3.96. The molecule has 1 aromatic carbocycles. The van der Waals surface area contributed by atoms with Crippen molar-refractivity contribution >= 4 is 21.6 Å². The van der Waals surface area contributed by atoms with Gasteiger partial charge in [0.2, 0.25) is 0 Å². The number of nitrogens with one attached hydrogen (secondary N) is 1. The predicted molar refractivity (Wildman–Crippen MR) is 63.8 cm³/mol. The molecule has 0 aromatic heterocycles. The van der Waals surface area contributed by atoms with Crippen molar-refractivity contribution in [2.45, 2.75) is 26.9 Å². The van der Waals surface area contributed by atoms with E-state index >= 15 is 0 Å². The third kappa shape index (κ3) is 3.00. The van der Waals surface area contributed by atoms with E-state index in [0.717, 1.165) is 10.2 Å². The van der Waals surface area contributed by atoms with Crippen LogP contribution in [-0.2, 0) is 0 Å². The predicted octanol–water partition coefficient (Wildman–Crippen LogP) is 2.86. The minimum Gasteiger partial charge on any atom is -0.392 e. The molecule has 1 aromatic rings. The monoisotopic (exact) mass is 257 g/mol. The highest BCUT2D eigenvalue weighted by atomic mass is 79.9. The highest BCUT2D eigenvalue weighted by Crippen LogP contribution is 2.24. The van der Waals surface area contributed by atoms with Gasteiger partial charge in [0.25, 0.3) is 0 Å².